The van der Waals surface area contributed by atoms with Gasteiger partial charge in [0.2, 0.25) is 0 Å². The summed E-state index contributed by atoms with van der Waals surface area (Å²) in [7, 11) is 1.54. The molecule has 1 aromatic rings. The maximum absolute atomic E-state index is 12.6. The van der Waals surface area contributed by atoms with E-state index in [1.165, 1.54) is 7.11 Å². The summed E-state index contributed by atoms with van der Waals surface area (Å²) in [5.74, 6) is 0.456. The lowest BCUT2D eigenvalue weighted by Crippen LogP contribution is -2.41. The monoisotopic (exact) mass is 313 g/mol. The number of rotatable bonds is 5. The van der Waals surface area contributed by atoms with Gasteiger partial charge in [0.15, 0.2) is 0 Å². The van der Waals surface area contributed by atoms with Crippen LogP contribution in [0.2, 0.25) is 5.02 Å². The normalized spacial score (nSPS) is 16.0. The van der Waals surface area contributed by atoms with Gasteiger partial charge in [-0.05, 0) is 31.0 Å². The van der Waals surface area contributed by atoms with E-state index in [9.17, 15) is 4.79 Å². The van der Waals surface area contributed by atoms with Crippen molar-refractivity contribution in [3.05, 3.63) is 28.8 Å². The highest BCUT2D eigenvalue weighted by atomic mass is 35.5. The molecule has 0 spiro atoms. The zero-order chi connectivity index (χ0) is 15.2. The Kier molecular flexibility index (Phi) is 5.85. The van der Waals surface area contributed by atoms with Crippen LogP contribution in [0.1, 0.15) is 23.2 Å². The van der Waals surface area contributed by atoms with Crippen LogP contribution in [-0.4, -0.2) is 55.4 Å². The Morgan fingerprint density at radius 1 is 1.43 bits per heavy atom. The molecule has 1 fully saturated rings. The summed E-state index contributed by atoms with van der Waals surface area (Å²) in [6.45, 7) is 1.63. The Balaban J connectivity index is 2.00. The van der Waals surface area contributed by atoms with Crippen molar-refractivity contribution in [1.29, 1.82) is 0 Å². The summed E-state index contributed by atoms with van der Waals surface area (Å²) in [6, 6.07) is 5.04. The van der Waals surface area contributed by atoms with Crippen molar-refractivity contribution in [3.8, 4) is 5.75 Å². The average Bonchev–Trinajstić information content (AvgIpc) is 2.52. The Bertz CT molecular complexity index is 487. The summed E-state index contributed by atoms with van der Waals surface area (Å²) in [5, 5.41) is 9.27. The number of ether oxygens (including phenoxy) is 2. The maximum atomic E-state index is 12.6. The van der Waals surface area contributed by atoms with E-state index in [1.807, 2.05) is 0 Å². The molecule has 0 aromatic heterocycles. The van der Waals surface area contributed by atoms with E-state index in [1.54, 1.807) is 23.1 Å². The van der Waals surface area contributed by atoms with Gasteiger partial charge in [0.05, 0.1) is 32.0 Å². The van der Waals surface area contributed by atoms with Crippen molar-refractivity contribution < 1.29 is 19.4 Å². The molecule has 0 radical (unpaired) electrons. The largest absolute Gasteiger partial charge is 0.496 e. The number of likely N-dealkylation sites (tertiary alicyclic amines) is 1. The first-order valence-electron chi connectivity index (χ1n) is 7.01. The zero-order valence-corrected chi connectivity index (χ0v) is 12.8. The molecule has 116 valence electrons. The maximum Gasteiger partial charge on any atom is 0.257 e. The second-order valence-electron chi connectivity index (χ2n) is 4.93. The highest BCUT2D eigenvalue weighted by Gasteiger charge is 2.25. The summed E-state index contributed by atoms with van der Waals surface area (Å²) >= 11 is 5.97. The molecular weight excluding hydrogens is 294 g/mol. The molecule has 2 rings (SSSR count). The SMILES string of the molecule is COc1ccc(Cl)cc1C(=O)N1CCC(OCCO)CC1. The lowest BCUT2D eigenvalue weighted by Gasteiger charge is -2.32. The molecule has 5 nitrogen and oxygen atoms in total. The minimum atomic E-state index is -0.0741. The number of halogens is 1. The molecule has 1 aliphatic heterocycles. The van der Waals surface area contributed by atoms with Gasteiger partial charge in [0.1, 0.15) is 5.75 Å². The number of methoxy groups -OCH3 is 1. The van der Waals surface area contributed by atoms with Crippen molar-refractivity contribution >= 4 is 17.5 Å². The molecule has 6 heteroatoms. The van der Waals surface area contributed by atoms with Gasteiger partial charge < -0.3 is 19.5 Å². The first kappa shape index (κ1) is 16.1. The molecule has 0 saturated carbocycles. The third kappa shape index (κ3) is 4.09. The number of aliphatic hydroxyl groups excluding tert-OH is 1. The number of carbonyl (C=O) groups is 1. The molecule has 1 heterocycles. The molecule has 1 aromatic carbocycles. The van der Waals surface area contributed by atoms with E-state index >= 15 is 0 Å². The fraction of sp³-hybridized carbons (Fsp3) is 0.533. The first-order valence-corrected chi connectivity index (χ1v) is 7.38. The van der Waals surface area contributed by atoms with Crippen LogP contribution < -0.4 is 4.74 Å². The van der Waals surface area contributed by atoms with Crippen LogP contribution in [0.3, 0.4) is 0 Å². The van der Waals surface area contributed by atoms with E-state index in [0.717, 1.165) is 12.8 Å². The second kappa shape index (κ2) is 7.64. The number of nitrogens with zero attached hydrogens (tertiary/aromatic N) is 1. The Morgan fingerprint density at radius 3 is 2.76 bits per heavy atom. The second-order valence-corrected chi connectivity index (χ2v) is 5.37. The van der Waals surface area contributed by atoms with Gasteiger partial charge in [0, 0.05) is 18.1 Å². The van der Waals surface area contributed by atoms with Crippen molar-refractivity contribution in [2.45, 2.75) is 18.9 Å². The fourth-order valence-electron chi connectivity index (χ4n) is 2.46. The molecule has 0 unspecified atom stereocenters. The van der Waals surface area contributed by atoms with E-state index in [-0.39, 0.29) is 18.6 Å². The van der Waals surface area contributed by atoms with Crippen molar-refractivity contribution in [1.82, 2.24) is 4.90 Å². The minimum Gasteiger partial charge on any atom is -0.496 e. The van der Waals surface area contributed by atoms with Gasteiger partial charge in [-0.25, -0.2) is 0 Å². The van der Waals surface area contributed by atoms with Crippen LogP contribution >= 0.6 is 11.6 Å². The van der Waals surface area contributed by atoms with Crippen LogP contribution in [0.15, 0.2) is 18.2 Å². The van der Waals surface area contributed by atoms with Gasteiger partial charge in [-0.1, -0.05) is 11.6 Å². The Hall–Kier alpha value is -1.30. The molecule has 1 amide bonds. The van der Waals surface area contributed by atoms with Crippen LogP contribution in [0.5, 0.6) is 5.75 Å². The van der Waals surface area contributed by atoms with Gasteiger partial charge in [0.25, 0.3) is 5.91 Å². The van der Waals surface area contributed by atoms with E-state index in [2.05, 4.69) is 0 Å². The fourth-order valence-corrected chi connectivity index (χ4v) is 2.63. The van der Waals surface area contributed by atoms with Crippen molar-refractivity contribution in [3.63, 3.8) is 0 Å². The third-order valence-corrected chi connectivity index (χ3v) is 3.80. The summed E-state index contributed by atoms with van der Waals surface area (Å²) in [5.41, 5.74) is 0.486. The summed E-state index contributed by atoms with van der Waals surface area (Å²) in [4.78, 5) is 14.3. The van der Waals surface area contributed by atoms with Crippen LogP contribution in [0.25, 0.3) is 0 Å². The van der Waals surface area contributed by atoms with E-state index < -0.39 is 0 Å². The average molecular weight is 314 g/mol. The summed E-state index contributed by atoms with van der Waals surface area (Å²) in [6.07, 6.45) is 1.66. The van der Waals surface area contributed by atoms with Gasteiger partial charge >= 0.3 is 0 Å². The van der Waals surface area contributed by atoms with Crippen LogP contribution in [-0.2, 0) is 4.74 Å². The highest BCUT2D eigenvalue weighted by molar-refractivity contribution is 6.31. The molecule has 0 aliphatic carbocycles. The number of amides is 1. The number of piperidine rings is 1. The van der Waals surface area contributed by atoms with Crippen molar-refractivity contribution in [2.24, 2.45) is 0 Å². The molecule has 1 saturated heterocycles. The standard InChI is InChI=1S/C15H20ClNO4/c1-20-14-3-2-11(16)10-13(14)15(19)17-6-4-12(5-7-17)21-9-8-18/h2-3,10,12,18H,4-9H2,1H3. The topological polar surface area (TPSA) is 59.0 Å². The van der Waals surface area contributed by atoms with Crippen LogP contribution in [0.4, 0.5) is 0 Å². The quantitative estimate of drug-likeness (QED) is 0.903. The number of hydrogen-bond donors (Lipinski definition) is 1. The number of aliphatic hydroxyl groups is 1. The number of benzene rings is 1. The van der Waals surface area contributed by atoms with Crippen molar-refractivity contribution in [2.75, 3.05) is 33.4 Å². The minimum absolute atomic E-state index is 0.0266. The summed E-state index contributed by atoms with van der Waals surface area (Å²) < 4.78 is 10.7. The first-order chi connectivity index (χ1) is 10.2. The molecule has 0 bridgehead atoms. The zero-order valence-electron chi connectivity index (χ0n) is 12.0. The predicted octanol–water partition coefficient (Wildman–Crippen LogP) is 1.96. The van der Waals surface area contributed by atoms with E-state index in [0.29, 0.717) is 36.0 Å². The molecule has 1 N–H and O–H groups in total. The number of hydrogen-bond acceptors (Lipinski definition) is 4. The lowest BCUT2D eigenvalue weighted by atomic mass is 10.1. The molecule has 21 heavy (non-hydrogen) atoms. The third-order valence-electron chi connectivity index (χ3n) is 3.57. The van der Waals surface area contributed by atoms with E-state index in [4.69, 9.17) is 26.2 Å². The molecule has 1 aliphatic rings. The Labute approximate surface area is 129 Å². The Morgan fingerprint density at radius 2 is 2.14 bits per heavy atom. The van der Waals surface area contributed by atoms with Gasteiger partial charge in [-0.2, -0.15) is 0 Å². The van der Waals surface area contributed by atoms with Gasteiger partial charge in [-0.3, -0.25) is 4.79 Å². The van der Waals surface area contributed by atoms with Crippen LogP contribution in [0, 0.1) is 0 Å². The predicted molar refractivity (Wildman–Crippen MR) is 80.0 cm³/mol. The lowest BCUT2D eigenvalue weighted by molar-refractivity contribution is -0.00558. The molecular formula is C15H20ClNO4. The molecule has 0 atom stereocenters. The van der Waals surface area contributed by atoms with Gasteiger partial charge in [-0.15, -0.1) is 0 Å². The highest BCUT2D eigenvalue weighted by Crippen LogP contribution is 2.25. The number of carbonyl (C=O) groups excluding carboxylic acids is 1. The smallest absolute Gasteiger partial charge is 0.257 e.